The number of aryl methyl sites for hydroxylation is 1. The number of rotatable bonds is 6. The molecule has 0 aliphatic heterocycles. The molecule has 0 atom stereocenters. The van der Waals surface area contributed by atoms with E-state index in [0.717, 1.165) is 12.2 Å². The molecule has 0 saturated heterocycles. The number of imidazole rings is 1. The quantitative estimate of drug-likeness (QED) is 0.802. The summed E-state index contributed by atoms with van der Waals surface area (Å²) in [7, 11) is 1.94. The molecular weight excluding hydrogens is 311 g/mol. The van der Waals surface area contributed by atoms with Crippen LogP contribution in [0.5, 0.6) is 0 Å². The van der Waals surface area contributed by atoms with Crippen LogP contribution in [0.2, 0.25) is 10.0 Å². The summed E-state index contributed by atoms with van der Waals surface area (Å²) in [5.74, 6) is 0.780. The van der Waals surface area contributed by atoms with Gasteiger partial charge >= 0.3 is 0 Å². The lowest BCUT2D eigenvalue weighted by molar-refractivity contribution is -0.115. The van der Waals surface area contributed by atoms with E-state index >= 15 is 0 Å². The maximum absolute atomic E-state index is 11.8. The molecule has 21 heavy (non-hydrogen) atoms. The number of anilines is 1. The number of hydrogen-bond acceptors (Lipinski definition) is 3. The van der Waals surface area contributed by atoms with Gasteiger partial charge in [-0.15, -0.1) is 0 Å². The van der Waals surface area contributed by atoms with Gasteiger partial charge in [-0.05, 0) is 12.1 Å². The third-order valence-electron chi connectivity index (χ3n) is 2.96. The van der Waals surface area contributed by atoms with Gasteiger partial charge in [0.1, 0.15) is 5.82 Å². The van der Waals surface area contributed by atoms with Crippen molar-refractivity contribution >= 4 is 34.8 Å². The van der Waals surface area contributed by atoms with Crippen LogP contribution in [0.15, 0.2) is 30.6 Å². The number of carbonyl (C=O) groups excluding carboxylic acids is 1. The Labute approximate surface area is 133 Å². The van der Waals surface area contributed by atoms with E-state index in [1.54, 1.807) is 24.4 Å². The molecule has 112 valence electrons. The van der Waals surface area contributed by atoms with Crippen LogP contribution < -0.4 is 10.6 Å². The lowest BCUT2D eigenvalue weighted by Crippen LogP contribution is -2.30. The Morgan fingerprint density at radius 1 is 1.33 bits per heavy atom. The van der Waals surface area contributed by atoms with Crippen molar-refractivity contribution in [2.24, 2.45) is 7.05 Å². The van der Waals surface area contributed by atoms with Gasteiger partial charge in [0.25, 0.3) is 0 Å². The molecule has 1 aromatic heterocycles. The van der Waals surface area contributed by atoms with E-state index in [0.29, 0.717) is 22.3 Å². The van der Waals surface area contributed by atoms with Crippen molar-refractivity contribution in [1.82, 2.24) is 14.9 Å². The number of amides is 1. The molecule has 0 unspecified atom stereocenters. The first-order chi connectivity index (χ1) is 10.1. The minimum atomic E-state index is -0.190. The highest BCUT2D eigenvalue weighted by Gasteiger charge is 2.09. The highest BCUT2D eigenvalue weighted by molar-refractivity contribution is 6.39. The van der Waals surface area contributed by atoms with Crippen molar-refractivity contribution in [1.29, 1.82) is 0 Å². The van der Waals surface area contributed by atoms with Gasteiger partial charge < -0.3 is 15.2 Å². The number of aromatic nitrogens is 2. The summed E-state index contributed by atoms with van der Waals surface area (Å²) in [6.07, 6.45) is 4.40. The van der Waals surface area contributed by atoms with Crippen LogP contribution in [0.1, 0.15) is 5.82 Å². The van der Waals surface area contributed by atoms with E-state index in [9.17, 15) is 4.79 Å². The Bertz CT molecular complexity index is 607. The van der Waals surface area contributed by atoms with E-state index in [1.165, 1.54) is 0 Å². The second-order valence-electron chi connectivity index (χ2n) is 4.53. The van der Waals surface area contributed by atoms with E-state index < -0.39 is 0 Å². The van der Waals surface area contributed by atoms with Crippen LogP contribution >= 0.6 is 23.2 Å². The molecular formula is C14H16Cl2N4O. The predicted octanol–water partition coefficient (Wildman–Crippen LogP) is 2.50. The molecule has 1 heterocycles. The van der Waals surface area contributed by atoms with E-state index in [1.807, 2.05) is 17.8 Å². The zero-order valence-corrected chi connectivity index (χ0v) is 13.1. The zero-order chi connectivity index (χ0) is 15.2. The molecule has 0 fully saturated rings. The molecule has 2 rings (SSSR count). The average molecular weight is 327 g/mol. The summed E-state index contributed by atoms with van der Waals surface area (Å²) >= 11 is 12.0. The predicted molar refractivity (Wildman–Crippen MR) is 84.9 cm³/mol. The number of benzene rings is 1. The molecule has 0 aliphatic carbocycles. The summed E-state index contributed by atoms with van der Waals surface area (Å²) < 4.78 is 1.95. The minimum Gasteiger partial charge on any atom is -0.338 e. The highest BCUT2D eigenvalue weighted by Crippen LogP contribution is 2.29. The van der Waals surface area contributed by atoms with Gasteiger partial charge in [-0.3, -0.25) is 4.79 Å². The number of para-hydroxylation sites is 1. The van der Waals surface area contributed by atoms with E-state index in [4.69, 9.17) is 23.2 Å². The third kappa shape index (κ3) is 4.46. The standard InChI is InChI=1S/C14H16Cl2N4O/c1-20-8-7-18-12(20)5-6-17-9-13(21)19-14-10(15)3-2-4-11(14)16/h2-4,7-8,17H,5-6,9H2,1H3,(H,19,21). The molecule has 2 aromatic rings. The molecule has 5 nitrogen and oxygen atoms in total. The second kappa shape index (κ2) is 7.45. The van der Waals surface area contributed by atoms with Gasteiger partial charge in [0.15, 0.2) is 0 Å². The molecule has 7 heteroatoms. The molecule has 0 bridgehead atoms. The van der Waals surface area contributed by atoms with Crippen LogP contribution in [-0.4, -0.2) is 28.5 Å². The summed E-state index contributed by atoms with van der Waals surface area (Å²) in [6.45, 7) is 0.848. The Kier molecular flexibility index (Phi) is 5.61. The Morgan fingerprint density at radius 3 is 2.67 bits per heavy atom. The largest absolute Gasteiger partial charge is 0.338 e. The van der Waals surface area contributed by atoms with Gasteiger partial charge in [0.2, 0.25) is 5.91 Å². The van der Waals surface area contributed by atoms with Crippen molar-refractivity contribution in [2.45, 2.75) is 6.42 Å². The molecule has 0 saturated carbocycles. The number of carbonyl (C=O) groups is 1. The van der Waals surface area contributed by atoms with E-state index in [-0.39, 0.29) is 12.5 Å². The monoisotopic (exact) mass is 326 g/mol. The first-order valence-electron chi connectivity index (χ1n) is 6.48. The van der Waals surface area contributed by atoms with Gasteiger partial charge in [0.05, 0.1) is 22.3 Å². The lowest BCUT2D eigenvalue weighted by Gasteiger charge is -2.09. The van der Waals surface area contributed by atoms with Crippen molar-refractivity contribution < 1.29 is 4.79 Å². The maximum atomic E-state index is 11.8. The van der Waals surface area contributed by atoms with Crippen LogP contribution in [0, 0.1) is 0 Å². The van der Waals surface area contributed by atoms with Gasteiger partial charge in [-0.1, -0.05) is 29.3 Å². The topological polar surface area (TPSA) is 59.0 Å². The molecule has 0 spiro atoms. The van der Waals surface area contributed by atoms with Crippen molar-refractivity contribution in [3.05, 3.63) is 46.5 Å². The first kappa shape index (κ1) is 15.8. The SMILES string of the molecule is Cn1ccnc1CCNCC(=O)Nc1c(Cl)cccc1Cl. The number of nitrogens with one attached hydrogen (secondary N) is 2. The van der Waals surface area contributed by atoms with Crippen molar-refractivity contribution in [3.8, 4) is 0 Å². The number of nitrogens with zero attached hydrogens (tertiary/aromatic N) is 2. The highest BCUT2D eigenvalue weighted by atomic mass is 35.5. The lowest BCUT2D eigenvalue weighted by atomic mass is 10.3. The smallest absolute Gasteiger partial charge is 0.238 e. The maximum Gasteiger partial charge on any atom is 0.238 e. The average Bonchev–Trinajstić information content (AvgIpc) is 2.85. The molecule has 2 N–H and O–H groups in total. The number of hydrogen-bond donors (Lipinski definition) is 2. The van der Waals surface area contributed by atoms with Crippen molar-refractivity contribution in [2.75, 3.05) is 18.4 Å². The van der Waals surface area contributed by atoms with Crippen LogP contribution in [-0.2, 0) is 18.3 Å². The van der Waals surface area contributed by atoms with Crippen LogP contribution in [0.3, 0.4) is 0 Å². The summed E-state index contributed by atoms with van der Waals surface area (Å²) in [6, 6.07) is 5.08. The fraction of sp³-hybridized carbons (Fsp3) is 0.286. The Balaban J connectivity index is 1.76. The molecule has 1 aromatic carbocycles. The summed E-state index contributed by atoms with van der Waals surface area (Å²) in [4.78, 5) is 16.0. The van der Waals surface area contributed by atoms with Crippen molar-refractivity contribution in [3.63, 3.8) is 0 Å². The van der Waals surface area contributed by atoms with E-state index in [2.05, 4.69) is 15.6 Å². The van der Waals surface area contributed by atoms with Crippen LogP contribution in [0.4, 0.5) is 5.69 Å². The summed E-state index contributed by atoms with van der Waals surface area (Å²) in [5, 5.41) is 6.60. The molecule has 0 radical (unpaired) electrons. The molecule has 0 aliphatic rings. The summed E-state index contributed by atoms with van der Waals surface area (Å²) in [5.41, 5.74) is 0.441. The van der Waals surface area contributed by atoms with Crippen LogP contribution in [0.25, 0.3) is 0 Å². The van der Waals surface area contributed by atoms with Gasteiger partial charge in [-0.2, -0.15) is 0 Å². The molecule has 1 amide bonds. The van der Waals surface area contributed by atoms with Gasteiger partial charge in [0, 0.05) is 32.4 Å². The third-order valence-corrected chi connectivity index (χ3v) is 3.59. The fourth-order valence-corrected chi connectivity index (χ4v) is 2.33. The fourth-order valence-electron chi connectivity index (χ4n) is 1.84. The normalized spacial score (nSPS) is 10.6. The Hall–Kier alpha value is -1.56. The van der Waals surface area contributed by atoms with Gasteiger partial charge in [-0.25, -0.2) is 4.98 Å². The second-order valence-corrected chi connectivity index (χ2v) is 5.34. The minimum absolute atomic E-state index is 0.186. The zero-order valence-electron chi connectivity index (χ0n) is 11.6. The Morgan fingerprint density at radius 2 is 2.05 bits per heavy atom. The number of halogens is 2. The first-order valence-corrected chi connectivity index (χ1v) is 7.24.